The second-order valence-electron chi connectivity index (χ2n) is 5.85. The van der Waals surface area contributed by atoms with Gasteiger partial charge in [-0.05, 0) is 19.1 Å². The smallest absolute Gasteiger partial charge is 0.343 e. The standard InChI is InChI=1S/C17H22N6O6S/c1-5-22(2)15(24)11-8-6-7-9-12(11)23(30(18,26)27)17(25)21-16-19-13(28-3)10-14(20-16)29-4/h6-10H,5H2,1-4H3,(H2,18,26,27)(H,19,20,21,25). The van der Waals surface area contributed by atoms with Crippen molar-refractivity contribution in [1.82, 2.24) is 14.9 Å². The summed E-state index contributed by atoms with van der Waals surface area (Å²) in [6.45, 7) is 2.12. The molecule has 0 spiro atoms. The number of benzene rings is 1. The van der Waals surface area contributed by atoms with Crippen molar-refractivity contribution in [2.75, 3.05) is 37.4 Å². The predicted molar refractivity (Wildman–Crippen MR) is 109 cm³/mol. The van der Waals surface area contributed by atoms with Crippen LogP contribution in [0.1, 0.15) is 17.3 Å². The van der Waals surface area contributed by atoms with E-state index in [1.54, 1.807) is 6.92 Å². The van der Waals surface area contributed by atoms with Gasteiger partial charge in [0.25, 0.3) is 5.91 Å². The second kappa shape index (κ2) is 9.37. The van der Waals surface area contributed by atoms with E-state index >= 15 is 0 Å². The molecule has 1 heterocycles. The number of anilines is 2. The van der Waals surface area contributed by atoms with Gasteiger partial charge in [-0.3, -0.25) is 10.1 Å². The van der Waals surface area contributed by atoms with Crippen molar-refractivity contribution in [3.8, 4) is 11.8 Å². The Balaban J connectivity index is 2.51. The molecule has 0 aliphatic heterocycles. The number of nitrogens with zero attached hydrogens (tertiary/aromatic N) is 4. The number of carbonyl (C=O) groups excluding carboxylic acids is 2. The summed E-state index contributed by atoms with van der Waals surface area (Å²) in [4.78, 5) is 34.7. The van der Waals surface area contributed by atoms with Crippen molar-refractivity contribution in [1.29, 1.82) is 0 Å². The quantitative estimate of drug-likeness (QED) is 0.643. The third-order valence-corrected chi connectivity index (χ3v) is 4.80. The molecule has 1 aromatic heterocycles. The Morgan fingerprint density at radius 3 is 2.20 bits per heavy atom. The summed E-state index contributed by atoms with van der Waals surface area (Å²) in [6.07, 6.45) is 0. The maximum atomic E-state index is 12.8. The summed E-state index contributed by atoms with van der Waals surface area (Å²) < 4.78 is 34.7. The maximum Gasteiger partial charge on any atom is 0.343 e. The van der Waals surface area contributed by atoms with Crippen LogP contribution in [0.3, 0.4) is 0 Å². The van der Waals surface area contributed by atoms with E-state index in [1.807, 2.05) is 0 Å². The summed E-state index contributed by atoms with van der Waals surface area (Å²) in [5.74, 6) is -0.646. The van der Waals surface area contributed by atoms with E-state index in [9.17, 15) is 18.0 Å². The molecule has 13 heteroatoms. The van der Waals surface area contributed by atoms with Gasteiger partial charge in [-0.25, -0.2) is 9.93 Å². The Labute approximate surface area is 173 Å². The fraction of sp³-hybridized carbons (Fsp3) is 0.294. The number of hydrogen-bond donors (Lipinski definition) is 2. The number of rotatable bonds is 7. The average Bonchev–Trinajstić information content (AvgIpc) is 2.71. The van der Waals surface area contributed by atoms with E-state index in [2.05, 4.69) is 15.3 Å². The largest absolute Gasteiger partial charge is 0.481 e. The number of nitrogens with one attached hydrogen (secondary N) is 1. The Bertz CT molecular complexity index is 1020. The Kier molecular flexibility index (Phi) is 7.13. The number of hydrogen-bond acceptors (Lipinski definition) is 8. The van der Waals surface area contributed by atoms with Crippen molar-refractivity contribution in [2.24, 2.45) is 5.14 Å². The molecule has 162 valence electrons. The molecular formula is C17H22N6O6S. The topological polar surface area (TPSA) is 157 Å². The lowest BCUT2D eigenvalue weighted by Gasteiger charge is -2.24. The lowest BCUT2D eigenvalue weighted by Crippen LogP contribution is -2.45. The molecule has 0 saturated carbocycles. The van der Waals surface area contributed by atoms with Gasteiger partial charge in [0.1, 0.15) is 0 Å². The van der Waals surface area contributed by atoms with E-state index in [0.29, 0.717) is 6.54 Å². The number of ether oxygens (including phenoxy) is 2. The van der Waals surface area contributed by atoms with Gasteiger partial charge < -0.3 is 14.4 Å². The van der Waals surface area contributed by atoms with Crippen LogP contribution in [0.25, 0.3) is 0 Å². The van der Waals surface area contributed by atoms with Gasteiger partial charge in [0.15, 0.2) is 0 Å². The average molecular weight is 438 g/mol. The van der Waals surface area contributed by atoms with E-state index in [1.165, 1.54) is 56.5 Å². The van der Waals surface area contributed by atoms with E-state index in [-0.39, 0.29) is 33.3 Å². The first-order valence-corrected chi connectivity index (χ1v) is 10.1. The van der Waals surface area contributed by atoms with Gasteiger partial charge in [-0.15, -0.1) is 0 Å². The number of amides is 3. The highest BCUT2D eigenvalue weighted by Gasteiger charge is 2.31. The Morgan fingerprint density at radius 2 is 1.70 bits per heavy atom. The van der Waals surface area contributed by atoms with Crippen LogP contribution in [0.5, 0.6) is 11.8 Å². The van der Waals surface area contributed by atoms with Crippen LogP contribution in [0.15, 0.2) is 30.3 Å². The molecule has 0 fully saturated rings. The number of carbonyl (C=O) groups is 2. The zero-order valence-electron chi connectivity index (χ0n) is 16.8. The third-order valence-electron chi connectivity index (χ3n) is 3.93. The predicted octanol–water partition coefficient (Wildman–Crippen LogP) is 0.828. The highest BCUT2D eigenvalue weighted by Crippen LogP contribution is 2.25. The van der Waals surface area contributed by atoms with Gasteiger partial charge in [-0.1, -0.05) is 12.1 Å². The van der Waals surface area contributed by atoms with Crippen LogP contribution in [0.4, 0.5) is 16.4 Å². The van der Waals surface area contributed by atoms with E-state index < -0.39 is 22.1 Å². The van der Waals surface area contributed by atoms with Crippen LogP contribution in [0.2, 0.25) is 0 Å². The van der Waals surface area contributed by atoms with Crippen molar-refractivity contribution >= 4 is 33.8 Å². The Morgan fingerprint density at radius 1 is 1.13 bits per heavy atom. The number of nitrogens with two attached hydrogens (primary N) is 1. The van der Waals surface area contributed by atoms with E-state index in [4.69, 9.17) is 14.6 Å². The molecule has 30 heavy (non-hydrogen) atoms. The van der Waals surface area contributed by atoms with Crippen molar-refractivity contribution in [3.05, 3.63) is 35.9 Å². The van der Waals surface area contributed by atoms with Crippen molar-refractivity contribution in [3.63, 3.8) is 0 Å². The number of methoxy groups -OCH3 is 2. The molecule has 0 atom stereocenters. The highest BCUT2D eigenvalue weighted by atomic mass is 32.2. The summed E-state index contributed by atoms with van der Waals surface area (Å²) >= 11 is 0. The molecule has 0 aliphatic rings. The molecule has 0 saturated heterocycles. The SMILES string of the molecule is CCN(C)C(=O)c1ccccc1N(C(=O)Nc1nc(OC)cc(OC)n1)S(N)(=O)=O. The van der Waals surface area contributed by atoms with Gasteiger partial charge in [0.2, 0.25) is 17.7 Å². The van der Waals surface area contributed by atoms with Crippen LogP contribution >= 0.6 is 0 Å². The highest BCUT2D eigenvalue weighted by molar-refractivity contribution is 7.91. The molecule has 2 rings (SSSR count). The summed E-state index contributed by atoms with van der Waals surface area (Å²) in [5.41, 5.74) is -0.257. The minimum Gasteiger partial charge on any atom is -0.481 e. The second-order valence-corrected chi connectivity index (χ2v) is 7.25. The van der Waals surface area contributed by atoms with Crippen LogP contribution in [-0.2, 0) is 10.2 Å². The minimum absolute atomic E-state index is 0.0323. The minimum atomic E-state index is -4.62. The molecule has 2 aromatic rings. The summed E-state index contributed by atoms with van der Waals surface area (Å²) in [6, 6.07) is 5.84. The molecule has 3 N–H and O–H groups in total. The number of urea groups is 1. The van der Waals surface area contributed by atoms with Crippen LogP contribution in [-0.4, -0.2) is 63.0 Å². The molecular weight excluding hydrogens is 416 g/mol. The van der Waals surface area contributed by atoms with Gasteiger partial charge in [-0.2, -0.15) is 22.7 Å². The molecule has 3 amide bonds. The third kappa shape index (κ3) is 5.12. The molecule has 0 aliphatic carbocycles. The Hall–Kier alpha value is -3.45. The lowest BCUT2D eigenvalue weighted by atomic mass is 10.1. The lowest BCUT2D eigenvalue weighted by molar-refractivity contribution is 0.0803. The molecule has 0 unspecified atom stereocenters. The molecule has 0 radical (unpaired) electrons. The zero-order valence-corrected chi connectivity index (χ0v) is 17.6. The summed E-state index contributed by atoms with van der Waals surface area (Å²) in [5, 5.41) is 7.50. The fourth-order valence-corrected chi connectivity index (χ4v) is 3.07. The van der Waals surface area contributed by atoms with E-state index in [0.717, 1.165) is 0 Å². The first-order chi connectivity index (χ1) is 14.1. The monoisotopic (exact) mass is 438 g/mol. The zero-order chi connectivity index (χ0) is 22.5. The van der Waals surface area contributed by atoms with Crippen LogP contribution < -0.4 is 24.2 Å². The first-order valence-electron chi connectivity index (χ1n) is 8.58. The molecule has 0 bridgehead atoms. The first kappa shape index (κ1) is 22.8. The molecule has 12 nitrogen and oxygen atoms in total. The van der Waals surface area contributed by atoms with Crippen molar-refractivity contribution in [2.45, 2.75) is 6.92 Å². The number of aromatic nitrogens is 2. The van der Waals surface area contributed by atoms with Gasteiger partial charge in [0.05, 0.1) is 31.5 Å². The summed E-state index contributed by atoms with van der Waals surface area (Å²) in [7, 11) is -0.399. The fourth-order valence-electron chi connectivity index (χ4n) is 2.36. The van der Waals surface area contributed by atoms with Crippen LogP contribution in [0, 0.1) is 0 Å². The van der Waals surface area contributed by atoms with Gasteiger partial charge >= 0.3 is 16.2 Å². The van der Waals surface area contributed by atoms with Gasteiger partial charge in [0, 0.05) is 13.6 Å². The number of para-hydroxylation sites is 1. The van der Waals surface area contributed by atoms with Crippen molar-refractivity contribution < 1.29 is 27.5 Å². The molecule has 1 aromatic carbocycles. The maximum absolute atomic E-state index is 12.8. The normalized spacial score (nSPS) is 10.8.